The molecule has 1 amide bonds. The number of ether oxygens (including phenoxy) is 1. The van der Waals surface area contributed by atoms with E-state index in [1.807, 2.05) is 6.92 Å². The van der Waals surface area contributed by atoms with Crippen molar-refractivity contribution in [3.63, 3.8) is 0 Å². The van der Waals surface area contributed by atoms with Crippen LogP contribution in [-0.4, -0.2) is 40.0 Å². The number of aromatic nitrogens is 2. The van der Waals surface area contributed by atoms with E-state index in [0.29, 0.717) is 18.8 Å². The van der Waals surface area contributed by atoms with Gasteiger partial charge < -0.3 is 9.64 Å². The van der Waals surface area contributed by atoms with Gasteiger partial charge in [0, 0.05) is 17.6 Å². The Morgan fingerprint density at radius 2 is 2.13 bits per heavy atom. The van der Waals surface area contributed by atoms with Gasteiger partial charge in [0.15, 0.2) is 0 Å². The number of thiazole rings is 1. The van der Waals surface area contributed by atoms with Crippen molar-refractivity contribution in [3.8, 4) is 5.88 Å². The molecule has 2 aromatic heterocycles. The van der Waals surface area contributed by atoms with Crippen LogP contribution in [0.2, 0.25) is 0 Å². The molecule has 3 heterocycles. The molecule has 3 rings (SSSR count). The summed E-state index contributed by atoms with van der Waals surface area (Å²) in [6, 6.07) is 2.10. The quantitative estimate of drug-likeness (QED) is 0.860. The van der Waals surface area contributed by atoms with Crippen LogP contribution < -0.4 is 4.74 Å². The van der Waals surface area contributed by atoms with Crippen LogP contribution in [0.15, 0.2) is 23.7 Å². The number of hydrogen-bond acceptors (Lipinski definition) is 5. The molecule has 0 saturated carbocycles. The lowest BCUT2D eigenvalue weighted by atomic mass is 10.1. The number of alkyl halides is 3. The normalized spacial score (nSPS) is 15.4. The summed E-state index contributed by atoms with van der Waals surface area (Å²) >= 11 is 1.40. The molecule has 0 radical (unpaired) electrons. The third kappa shape index (κ3) is 3.44. The van der Waals surface area contributed by atoms with E-state index in [1.54, 1.807) is 10.3 Å². The SMILES string of the molecule is Cc1nc(C(=O)N2CC(Oc3ccc(C(F)(F)F)cn3)C2)cs1. The van der Waals surface area contributed by atoms with E-state index in [2.05, 4.69) is 9.97 Å². The summed E-state index contributed by atoms with van der Waals surface area (Å²) in [4.78, 5) is 21.4. The fourth-order valence-corrected chi connectivity index (χ4v) is 2.68. The van der Waals surface area contributed by atoms with Crippen molar-refractivity contribution >= 4 is 17.2 Å². The Morgan fingerprint density at radius 1 is 1.39 bits per heavy atom. The average Bonchev–Trinajstić information content (AvgIpc) is 2.88. The van der Waals surface area contributed by atoms with Gasteiger partial charge in [-0.2, -0.15) is 13.2 Å². The van der Waals surface area contributed by atoms with Crippen LogP contribution in [0.4, 0.5) is 13.2 Å². The number of carbonyl (C=O) groups is 1. The molecule has 0 spiro atoms. The summed E-state index contributed by atoms with van der Waals surface area (Å²) in [5.74, 6) is -0.0609. The molecule has 2 aromatic rings. The van der Waals surface area contributed by atoms with Crippen LogP contribution in [0.5, 0.6) is 5.88 Å². The van der Waals surface area contributed by atoms with Crippen molar-refractivity contribution in [1.29, 1.82) is 0 Å². The lowest BCUT2D eigenvalue weighted by molar-refractivity contribution is -0.137. The first kappa shape index (κ1) is 15.7. The number of amides is 1. The zero-order valence-corrected chi connectivity index (χ0v) is 12.8. The molecule has 0 bridgehead atoms. The predicted molar refractivity (Wildman–Crippen MR) is 76.4 cm³/mol. The van der Waals surface area contributed by atoms with E-state index in [4.69, 9.17) is 4.74 Å². The minimum atomic E-state index is -4.42. The Kier molecular flexibility index (Phi) is 3.97. The van der Waals surface area contributed by atoms with Crippen LogP contribution >= 0.6 is 11.3 Å². The zero-order chi connectivity index (χ0) is 16.6. The van der Waals surface area contributed by atoms with Crippen molar-refractivity contribution in [3.05, 3.63) is 40.0 Å². The standard InChI is InChI=1S/C14H12F3N3O2S/c1-8-19-11(7-23-8)13(21)20-5-10(6-20)22-12-3-2-9(4-18-12)14(15,16)17/h2-4,7,10H,5-6H2,1H3. The molecular formula is C14H12F3N3O2S. The number of rotatable bonds is 3. The molecule has 0 N–H and O–H groups in total. The van der Waals surface area contributed by atoms with Crippen LogP contribution in [-0.2, 0) is 6.18 Å². The predicted octanol–water partition coefficient (Wildman–Crippen LogP) is 2.77. The number of hydrogen-bond donors (Lipinski definition) is 0. The van der Waals surface area contributed by atoms with Gasteiger partial charge >= 0.3 is 6.18 Å². The molecule has 1 aliphatic rings. The number of halogens is 3. The monoisotopic (exact) mass is 343 g/mol. The molecule has 0 atom stereocenters. The number of aryl methyl sites for hydroxylation is 1. The van der Waals surface area contributed by atoms with Gasteiger partial charge in [-0.1, -0.05) is 0 Å². The summed E-state index contributed by atoms with van der Waals surface area (Å²) in [6.07, 6.45) is -3.96. The first-order chi connectivity index (χ1) is 10.8. The highest BCUT2D eigenvalue weighted by Gasteiger charge is 2.34. The van der Waals surface area contributed by atoms with Crippen molar-refractivity contribution in [2.45, 2.75) is 19.2 Å². The molecular weight excluding hydrogens is 331 g/mol. The highest BCUT2D eigenvalue weighted by molar-refractivity contribution is 7.09. The highest BCUT2D eigenvalue weighted by atomic mass is 32.1. The van der Waals surface area contributed by atoms with Gasteiger partial charge in [-0.25, -0.2) is 9.97 Å². The topological polar surface area (TPSA) is 55.3 Å². The van der Waals surface area contributed by atoms with Crippen LogP contribution in [0.3, 0.4) is 0 Å². The fourth-order valence-electron chi connectivity index (χ4n) is 2.09. The minimum Gasteiger partial charge on any atom is -0.471 e. The molecule has 0 unspecified atom stereocenters. The van der Waals surface area contributed by atoms with Gasteiger partial charge in [0.2, 0.25) is 5.88 Å². The second-order valence-corrected chi connectivity index (χ2v) is 6.15. The van der Waals surface area contributed by atoms with Gasteiger partial charge in [0.25, 0.3) is 5.91 Å². The first-order valence-corrected chi connectivity index (χ1v) is 7.62. The van der Waals surface area contributed by atoms with Crippen LogP contribution in [0.1, 0.15) is 21.1 Å². The van der Waals surface area contributed by atoms with Crippen molar-refractivity contribution in [2.75, 3.05) is 13.1 Å². The lowest BCUT2D eigenvalue weighted by Gasteiger charge is -2.38. The Morgan fingerprint density at radius 3 is 2.65 bits per heavy atom. The molecule has 122 valence electrons. The molecule has 0 aromatic carbocycles. The highest BCUT2D eigenvalue weighted by Crippen LogP contribution is 2.29. The van der Waals surface area contributed by atoms with E-state index in [-0.39, 0.29) is 17.9 Å². The van der Waals surface area contributed by atoms with Crippen LogP contribution in [0, 0.1) is 6.92 Å². The van der Waals surface area contributed by atoms with Crippen molar-refractivity contribution in [1.82, 2.24) is 14.9 Å². The van der Waals surface area contributed by atoms with Gasteiger partial charge in [-0.3, -0.25) is 4.79 Å². The Labute approximate surface area is 133 Å². The van der Waals surface area contributed by atoms with Crippen molar-refractivity contribution < 1.29 is 22.7 Å². The number of carbonyl (C=O) groups excluding carboxylic acids is 1. The summed E-state index contributed by atoms with van der Waals surface area (Å²) in [5.41, 5.74) is -0.423. The van der Waals surface area contributed by atoms with E-state index in [1.165, 1.54) is 17.4 Å². The van der Waals surface area contributed by atoms with Gasteiger partial charge in [-0.15, -0.1) is 11.3 Å². The van der Waals surface area contributed by atoms with Crippen molar-refractivity contribution in [2.24, 2.45) is 0 Å². The van der Waals surface area contributed by atoms with E-state index in [9.17, 15) is 18.0 Å². The smallest absolute Gasteiger partial charge is 0.417 e. The molecule has 5 nitrogen and oxygen atoms in total. The molecule has 0 aliphatic carbocycles. The number of nitrogens with zero attached hydrogens (tertiary/aromatic N) is 3. The average molecular weight is 343 g/mol. The summed E-state index contributed by atoms with van der Waals surface area (Å²) in [6.45, 7) is 2.54. The molecule has 9 heteroatoms. The fraction of sp³-hybridized carbons (Fsp3) is 0.357. The zero-order valence-electron chi connectivity index (χ0n) is 12.0. The molecule has 1 saturated heterocycles. The number of likely N-dealkylation sites (tertiary alicyclic amines) is 1. The third-order valence-electron chi connectivity index (χ3n) is 3.32. The van der Waals surface area contributed by atoms with E-state index >= 15 is 0 Å². The third-order valence-corrected chi connectivity index (χ3v) is 4.10. The van der Waals surface area contributed by atoms with Gasteiger partial charge in [0.1, 0.15) is 11.8 Å². The summed E-state index contributed by atoms with van der Waals surface area (Å²) in [5, 5.41) is 2.51. The van der Waals surface area contributed by atoms with Crippen LogP contribution in [0.25, 0.3) is 0 Å². The maximum atomic E-state index is 12.4. The lowest BCUT2D eigenvalue weighted by Crippen LogP contribution is -2.56. The molecule has 23 heavy (non-hydrogen) atoms. The maximum absolute atomic E-state index is 12.4. The number of pyridine rings is 1. The van der Waals surface area contributed by atoms with Gasteiger partial charge in [-0.05, 0) is 13.0 Å². The maximum Gasteiger partial charge on any atom is 0.417 e. The largest absolute Gasteiger partial charge is 0.471 e. The summed E-state index contributed by atoms with van der Waals surface area (Å²) < 4.78 is 42.7. The Bertz CT molecular complexity index is 709. The Balaban J connectivity index is 1.53. The van der Waals surface area contributed by atoms with E-state index < -0.39 is 11.7 Å². The molecule has 1 aliphatic heterocycles. The minimum absolute atomic E-state index is 0.111. The summed E-state index contributed by atoms with van der Waals surface area (Å²) in [7, 11) is 0. The second-order valence-electron chi connectivity index (χ2n) is 5.08. The second kappa shape index (κ2) is 5.80. The van der Waals surface area contributed by atoms with Gasteiger partial charge in [0.05, 0.1) is 23.7 Å². The van der Waals surface area contributed by atoms with E-state index in [0.717, 1.165) is 17.3 Å². The Hall–Kier alpha value is -2.16. The molecule has 1 fully saturated rings. The first-order valence-electron chi connectivity index (χ1n) is 6.74.